The van der Waals surface area contributed by atoms with E-state index in [1.807, 2.05) is 0 Å². The van der Waals surface area contributed by atoms with Crippen molar-refractivity contribution in [1.29, 1.82) is 0 Å². The lowest BCUT2D eigenvalue weighted by Gasteiger charge is -2.06. The Hall–Kier alpha value is -1.66. The van der Waals surface area contributed by atoms with E-state index in [0.29, 0.717) is 11.1 Å². The van der Waals surface area contributed by atoms with Crippen molar-refractivity contribution < 1.29 is 24.2 Å². The van der Waals surface area contributed by atoms with Crippen LogP contribution in [0.4, 0.5) is 4.79 Å². The lowest BCUT2D eigenvalue weighted by molar-refractivity contribution is -0.116. The standard InChI is InChI=1S/C15H18O5S/c1-2-20-15(19)21-10-12(17)7-8-14(18)13-6-4-3-5-11(13)9-16/h3-6,16H,2,7-10H2,1H3. The summed E-state index contributed by atoms with van der Waals surface area (Å²) in [5.41, 5.74) is 0.988. The van der Waals surface area contributed by atoms with Gasteiger partial charge in [0.25, 0.3) is 0 Å². The number of ether oxygens (including phenoxy) is 1. The smallest absolute Gasteiger partial charge is 0.367 e. The molecule has 0 saturated carbocycles. The zero-order chi connectivity index (χ0) is 15.7. The molecule has 0 aliphatic rings. The monoisotopic (exact) mass is 310 g/mol. The highest BCUT2D eigenvalue weighted by Gasteiger charge is 2.14. The predicted octanol–water partition coefficient (Wildman–Crippen LogP) is 2.60. The second-order valence-corrected chi connectivity index (χ2v) is 5.16. The topological polar surface area (TPSA) is 80.7 Å². The van der Waals surface area contributed by atoms with E-state index < -0.39 is 5.30 Å². The third-order valence-electron chi connectivity index (χ3n) is 2.73. The Bertz CT molecular complexity index is 513. The van der Waals surface area contributed by atoms with Gasteiger partial charge in [0.1, 0.15) is 5.78 Å². The molecular weight excluding hydrogens is 292 g/mol. The van der Waals surface area contributed by atoms with Gasteiger partial charge in [-0.2, -0.15) is 0 Å². The van der Waals surface area contributed by atoms with Gasteiger partial charge in [-0.1, -0.05) is 24.3 Å². The number of carbonyl (C=O) groups excluding carboxylic acids is 3. The van der Waals surface area contributed by atoms with Crippen molar-refractivity contribution >= 4 is 28.6 Å². The molecule has 0 bridgehead atoms. The van der Waals surface area contributed by atoms with Crippen LogP contribution in [-0.2, 0) is 16.1 Å². The number of thioether (sulfide) groups is 1. The molecule has 0 atom stereocenters. The molecule has 1 aromatic rings. The first kappa shape index (κ1) is 17.4. The summed E-state index contributed by atoms with van der Waals surface area (Å²) in [5, 5.41) is 8.68. The predicted molar refractivity (Wildman–Crippen MR) is 80.4 cm³/mol. The van der Waals surface area contributed by atoms with Crippen LogP contribution in [0.15, 0.2) is 24.3 Å². The Kier molecular flexibility index (Phi) is 7.71. The van der Waals surface area contributed by atoms with Gasteiger partial charge in [-0.15, -0.1) is 0 Å². The highest BCUT2D eigenvalue weighted by atomic mass is 32.2. The molecule has 0 spiro atoms. The Balaban J connectivity index is 2.42. The number of benzene rings is 1. The lowest BCUT2D eigenvalue weighted by Crippen LogP contribution is -2.10. The van der Waals surface area contributed by atoms with Crippen LogP contribution in [0.25, 0.3) is 0 Å². The maximum absolute atomic E-state index is 12.0. The quantitative estimate of drug-likeness (QED) is 0.587. The Labute approximate surface area is 127 Å². The molecule has 0 aromatic heterocycles. The molecule has 21 heavy (non-hydrogen) atoms. The summed E-state index contributed by atoms with van der Waals surface area (Å²) in [6, 6.07) is 6.76. The van der Waals surface area contributed by atoms with Crippen LogP contribution in [0.5, 0.6) is 0 Å². The lowest BCUT2D eigenvalue weighted by atomic mass is 10.0. The maximum atomic E-state index is 12.0. The van der Waals surface area contributed by atoms with E-state index in [1.54, 1.807) is 31.2 Å². The van der Waals surface area contributed by atoms with Crippen molar-refractivity contribution in [2.45, 2.75) is 26.4 Å². The van der Waals surface area contributed by atoms with Gasteiger partial charge in [0.2, 0.25) is 0 Å². The van der Waals surface area contributed by atoms with E-state index in [-0.39, 0.29) is 43.4 Å². The molecule has 1 rings (SSSR count). The minimum Gasteiger partial charge on any atom is -0.458 e. The van der Waals surface area contributed by atoms with Crippen LogP contribution in [-0.4, -0.2) is 34.3 Å². The van der Waals surface area contributed by atoms with E-state index in [2.05, 4.69) is 0 Å². The first-order chi connectivity index (χ1) is 10.1. The zero-order valence-corrected chi connectivity index (χ0v) is 12.6. The second kappa shape index (κ2) is 9.31. The van der Waals surface area contributed by atoms with Gasteiger partial charge >= 0.3 is 5.30 Å². The van der Waals surface area contributed by atoms with Crippen molar-refractivity contribution in [2.75, 3.05) is 12.4 Å². The van der Waals surface area contributed by atoms with Crippen molar-refractivity contribution in [3.8, 4) is 0 Å². The number of rotatable bonds is 8. The first-order valence-corrected chi connectivity index (χ1v) is 7.60. The highest BCUT2D eigenvalue weighted by Crippen LogP contribution is 2.13. The molecule has 6 heteroatoms. The SMILES string of the molecule is CCOC(=O)SCC(=O)CCC(=O)c1ccccc1CO. The van der Waals surface area contributed by atoms with Gasteiger partial charge in [-0.05, 0) is 24.2 Å². The van der Waals surface area contributed by atoms with Gasteiger partial charge < -0.3 is 9.84 Å². The average Bonchev–Trinajstić information content (AvgIpc) is 2.50. The fourth-order valence-electron chi connectivity index (χ4n) is 1.69. The number of hydrogen-bond acceptors (Lipinski definition) is 6. The van der Waals surface area contributed by atoms with Crippen molar-refractivity contribution in [3.05, 3.63) is 35.4 Å². The van der Waals surface area contributed by atoms with Gasteiger partial charge in [-0.3, -0.25) is 9.59 Å². The highest BCUT2D eigenvalue weighted by molar-refractivity contribution is 8.13. The average molecular weight is 310 g/mol. The number of Topliss-reactive ketones (excluding diaryl/α,β-unsaturated/α-hetero) is 2. The summed E-state index contributed by atoms with van der Waals surface area (Å²) in [7, 11) is 0. The first-order valence-electron chi connectivity index (χ1n) is 6.61. The molecule has 0 saturated heterocycles. The molecule has 0 fully saturated rings. The van der Waals surface area contributed by atoms with Crippen LogP contribution in [0.2, 0.25) is 0 Å². The summed E-state index contributed by atoms with van der Waals surface area (Å²) in [6.07, 6.45) is 0.143. The van der Waals surface area contributed by atoms with Gasteiger partial charge in [0.05, 0.1) is 19.0 Å². The Morgan fingerprint density at radius 2 is 1.90 bits per heavy atom. The van der Waals surface area contributed by atoms with E-state index >= 15 is 0 Å². The molecule has 0 aliphatic carbocycles. The van der Waals surface area contributed by atoms with Crippen molar-refractivity contribution in [2.24, 2.45) is 0 Å². The molecule has 0 heterocycles. The number of aliphatic hydroxyl groups excluding tert-OH is 1. The zero-order valence-electron chi connectivity index (χ0n) is 11.8. The molecule has 0 amide bonds. The molecule has 0 aliphatic heterocycles. The third kappa shape index (κ3) is 6.10. The van der Waals surface area contributed by atoms with Crippen LogP contribution in [0.1, 0.15) is 35.7 Å². The summed E-state index contributed by atoms with van der Waals surface area (Å²) < 4.78 is 4.69. The van der Waals surface area contributed by atoms with Crippen LogP contribution in [0.3, 0.4) is 0 Å². The molecule has 0 radical (unpaired) electrons. The normalized spacial score (nSPS) is 10.2. The fourth-order valence-corrected chi connectivity index (χ4v) is 2.31. The third-order valence-corrected chi connectivity index (χ3v) is 3.55. The van der Waals surface area contributed by atoms with Crippen LogP contribution < -0.4 is 0 Å². The summed E-state index contributed by atoms with van der Waals surface area (Å²) in [6.45, 7) is 1.75. The van der Waals surface area contributed by atoms with E-state index in [0.717, 1.165) is 11.8 Å². The van der Waals surface area contributed by atoms with E-state index in [4.69, 9.17) is 9.84 Å². The summed E-state index contributed by atoms with van der Waals surface area (Å²) in [4.78, 5) is 34.7. The van der Waals surface area contributed by atoms with Gasteiger partial charge in [-0.25, -0.2) is 4.79 Å². The van der Waals surface area contributed by atoms with Crippen LogP contribution in [0, 0.1) is 0 Å². The number of carbonyl (C=O) groups is 3. The maximum Gasteiger partial charge on any atom is 0.367 e. The van der Waals surface area contributed by atoms with Crippen molar-refractivity contribution in [1.82, 2.24) is 0 Å². The largest absolute Gasteiger partial charge is 0.458 e. The van der Waals surface area contributed by atoms with E-state index in [9.17, 15) is 14.4 Å². The molecule has 1 aromatic carbocycles. The summed E-state index contributed by atoms with van der Waals surface area (Å²) >= 11 is 0.802. The Morgan fingerprint density at radius 3 is 2.57 bits per heavy atom. The number of ketones is 2. The van der Waals surface area contributed by atoms with Gasteiger partial charge in [0, 0.05) is 18.4 Å². The van der Waals surface area contributed by atoms with Gasteiger partial charge in [0.15, 0.2) is 5.78 Å². The molecule has 1 N–H and O–H groups in total. The Morgan fingerprint density at radius 1 is 1.19 bits per heavy atom. The minimum absolute atomic E-state index is 0.00770. The molecule has 114 valence electrons. The molecule has 0 unspecified atom stereocenters. The van der Waals surface area contributed by atoms with E-state index in [1.165, 1.54) is 0 Å². The van der Waals surface area contributed by atoms with Crippen LogP contribution >= 0.6 is 11.8 Å². The second-order valence-electron chi connectivity index (χ2n) is 4.25. The fraction of sp³-hybridized carbons (Fsp3) is 0.400. The minimum atomic E-state index is -0.484. The number of hydrogen-bond donors (Lipinski definition) is 1. The van der Waals surface area contributed by atoms with Crippen molar-refractivity contribution in [3.63, 3.8) is 0 Å². The summed E-state index contributed by atoms with van der Waals surface area (Å²) in [5.74, 6) is -0.356. The number of aliphatic hydroxyl groups is 1. The molecular formula is C15H18O5S. The molecule has 5 nitrogen and oxygen atoms in total.